The second-order valence-corrected chi connectivity index (χ2v) is 7.07. The van der Waals surface area contributed by atoms with Crippen LogP contribution in [0.2, 0.25) is 0 Å². The summed E-state index contributed by atoms with van der Waals surface area (Å²) in [4.78, 5) is 41.7. The van der Waals surface area contributed by atoms with Crippen LogP contribution in [0.15, 0.2) is 83.9 Å². The van der Waals surface area contributed by atoms with Crippen LogP contribution in [-0.2, 0) is 9.59 Å². The fraction of sp³-hybridized carbons (Fsp3) is 0.0833. The van der Waals surface area contributed by atoms with Gasteiger partial charge in [0.05, 0.1) is 5.69 Å². The summed E-state index contributed by atoms with van der Waals surface area (Å²) in [6, 6.07) is 23.0. The molecule has 7 nitrogen and oxygen atoms in total. The number of amides is 2. The van der Waals surface area contributed by atoms with E-state index in [-0.39, 0.29) is 24.1 Å². The van der Waals surface area contributed by atoms with E-state index in [0.717, 1.165) is 5.56 Å². The summed E-state index contributed by atoms with van der Waals surface area (Å²) in [5.74, 6) is -0.897. The van der Waals surface area contributed by atoms with Gasteiger partial charge in [-0.25, -0.2) is 5.01 Å². The number of hydrogen-bond acceptors (Lipinski definition) is 5. The molecule has 0 radical (unpaired) electrons. The van der Waals surface area contributed by atoms with Crippen LogP contribution in [0.4, 0.5) is 11.4 Å². The van der Waals surface area contributed by atoms with Gasteiger partial charge in [-0.1, -0.05) is 60.2 Å². The average Bonchev–Trinajstić information content (AvgIpc) is 2.80. The molecule has 0 aliphatic carbocycles. The molecule has 0 saturated carbocycles. The molecule has 0 aromatic heterocycles. The summed E-state index contributed by atoms with van der Waals surface area (Å²) in [5.41, 5.74) is 5.93. The molecule has 7 heteroatoms. The number of carbonyl (C=O) groups excluding carboxylic acids is 3. The molecule has 0 unspecified atom stereocenters. The average molecular weight is 412 g/mol. The molecule has 0 spiro atoms. The molecule has 4 rings (SSSR count). The Labute approximate surface area is 179 Å². The number of rotatable bonds is 5. The van der Waals surface area contributed by atoms with Crippen molar-refractivity contribution in [2.75, 3.05) is 16.9 Å². The van der Waals surface area contributed by atoms with Crippen LogP contribution in [0.5, 0.6) is 0 Å². The Kier molecular flexibility index (Phi) is 5.57. The highest BCUT2D eigenvalue weighted by Gasteiger charge is 2.25. The van der Waals surface area contributed by atoms with Crippen molar-refractivity contribution < 1.29 is 14.4 Å². The number of nitrogens with one attached hydrogen (secondary N) is 2. The summed E-state index contributed by atoms with van der Waals surface area (Å²) in [6.45, 7) is 1.81. The minimum atomic E-state index is -0.506. The van der Waals surface area contributed by atoms with Crippen molar-refractivity contribution in [2.24, 2.45) is 4.99 Å². The Hall–Kier alpha value is -4.26. The summed E-state index contributed by atoms with van der Waals surface area (Å²) in [7, 11) is 0. The molecule has 3 aromatic rings. The van der Waals surface area contributed by atoms with Crippen LogP contribution >= 0.6 is 0 Å². The molecule has 0 fully saturated rings. The monoisotopic (exact) mass is 412 g/mol. The van der Waals surface area contributed by atoms with Crippen molar-refractivity contribution >= 4 is 34.8 Å². The van der Waals surface area contributed by atoms with Crippen molar-refractivity contribution in [1.29, 1.82) is 0 Å². The first-order valence-electron chi connectivity index (χ1n) is 9.73. The van der Waals surface area contributed by atoms with Crippen molar-refractivity contribution in [3.8, 4) is 0 Å². The molecule has 3 aromatic carbocycles. The predicted octanol–water partition coefficient (Wildman–Crippen LogP) is 3.11. The van der Waals surface area contributed by atoms with Gasteiger partial charge in [-0.3, -0.25) is 24.8 Å². The molecule has 1 heterocycles. The molecule has 154 valence electrons. The van der Waals surface area contributed by atoms with E-state index in [1.54, 1.807) is 60.7 Å². The van der Waals surface area contributed by atoms with Crippen molar-refractivity contribution in [2.45, 2.75) is 6.92 Å². The highest BCUT2D eigenvalue weighted by Crippen LogP contribution is 2.17. The van der Waals surface area contributed by atoms with Gasteiger partial charge in [0.25, 0.3) is 11.8 Å². The van der Waals surface area contributed by atoms with Gasteiger partial charge in [0.1, 0.15) is 6.54 Å². The predicted molar refractivity (Wildman–Crippen MR) is 119 cm³/mol. The number of aryl methyl sites for hydroxylation is 1. The lowest BCUT2D eigenvalue weighted by Gasteiger charge is -2.27. The van der Waals surface area contributed by atoms with Gasteiger partial charge in [0.15, 0.2) is 5.78 Å². The Bertz CT molecular complexity index is 1170. The summed E-state index contributed by atoms with van der Waals surface area (Å²) in [6.07, 6.45) is 0. The number of carbonyl (C=O) groups is 3. The number of benzene rings is 3. The zero-order valence-electron chi connectivity index (χ0n) is 16.8. The minimum Gasteiger partial charge on any atom is -0.319 e. The number of ketones is 1. The third kappa shape index (κ3) is 4.51. The largest absolute Gasteiger partial charge is 0.319 e. The minimum absolute atomic E-state index is 0.0139. The van der Waals surface area contributed by atoms with Crippen molar-refractivity contribution in [1.82, 2.24) is 5.43 Å². The zero-order valence-corrected chi connectivity index (χ0v) is 16.8. The van der Waals surface area contributed by atoms with Crippen LogP contribution in [0.25, 0.3) is 0 Å². The molecule has 1 aliphatic rings. The van der Waals surface area contributed by atoms with Gasteiger partial charge in [0, 0.05) is 16.8 Å². The van der Waals surface area contributed by atoms with E-state index in [9.17, 15) is 14.4 Å². The lowest BCUT2D eigenvalue weighted by molar-refractivity contribution is -0.118. The quantitative estimate of drug-likeness (QED) is 0.630. The normalized spacial score (nSPS) is 13.3. The van der Waals surface area contributed by atoms with Crippen molar-refractivity contribution in [3.63, 3.8) is 0 Å². The lowest BCUT2D eigenvalue weighted by atomic mass is 10.0. The summed E-state index contributed by atoms with van der Waals surface area (Å²) in [5, 5.41) is 4.03. The van der Waals surface area contributed by atoms with E-state index < -0.39 is 5.91 Å². The number of hydrazine groups is 1. The summed E-state index contributed by atoms with van der Waals surface area (Å²) < 4.78 is 0. The van der Waals surface area contributed by atoms with E-state index >= 15 is 0 Å². The van der Waals surface area contributed by atoms with E-state index in [2.05, 4.69) is 15.7 Å². The van der Waals surface area contributed by atoms with E-state index in [1.807, 2.05) is 25.1 Å². The first-order chi connectivity index (χ1) is 15.0. The second kappa shape index (κ2) is 8.62. The third-order valence-corrected chi connectivity index (χ3v) is 4.77. The second-order valence-electron chi connectivity index (χ2n) is 7.07. The molecular formula is C24H20N4O3. The number of hydrogen-bond donors (Lipinski definition) is 2. The van der Waals surface area contributed by atoms with Gasteiger partial charge < -0.3 is 5.32 Å². The Morgan fingerprint density at radius 2 is 1.65 bits per heavy atom. The molecule has 0 saturated heterocycles. The number of nitrogens with zero attached hydrogens (tertiary/aromatic N) is 2. The summed E-state index contributed by atoms with van der Waals surface area (Å²) >= 11 is 0. The Morgan fingerprint density at radius 3 is 2.39 bits per heavy atom. The highest BCUT2D eigenvalue weighted by molar-refractivity contribution is 6.43. The maximum Gasteiger partial charge on any atom is 0.292 e. The lowest BCUT2D eigenvalue weighted by Crippen LogP contribution is -2.54. The molecule has 1 aliphatic heterocycles. The number of amidine groups is 1. The molecular weight excluding hydrogens is 392 g/mol. The van der Waals surface area contributed by atoms with Gasteiger partial charge in [-0.2, -0.15) is 0 Å². The van der Waals surface area contributed by atoms with Crippen LogP contribution in [0.1, 0.15) is 21.5 Å². The van der Waals surface area contributed by atoms with Gasteiger partial charge in [-0.05, 0) is 31.2 Å². The molecule has 31 heavy (non-hydrogen) atoms. The first kappa shape index (κ1) is 20.0. The van der Waals surface area contributed by atoms with E-state index in [4.69, 9.17) is 0 Å². The van der Waals surface area contributed by atoms with Gasteiger partial charge >= 0.3 is 0 Å². The van der Waals surface area contributed by atoms with Crippen LogP contribution < -0.4 is 15.8 Å². The highest BCUT2D eigenvalue weighted by atomic mass is 16.2. The van der Waals surface area contributed by atoms with Gasteiger partial charge in [0.2, 0.25) is 5.84 Å². The number of anilines is 2. The Balaban J connectivity index is 1.49. The van der Waals surface area contributed by atoms with E-state index in [0.29, 0.717) is 22.5 Å². The maximum atomic E-state index is 12.7. The van der Waals surface area contributed by atoms with Crippen molar-refractivity contribution in [3.05, 3.63) is 95.6 Å². The maximum absolute atomic E-state index is 12.7. The van der Waals surface area contributed by atoms with Gasteiger partial charge in [-0.15, -0.1) is 0 Å². The molecule has 0 atom stereocenters. The van der Waals surface area contributed by atoms with E-state index in [1.165, 1.54) is 5.01 Å². The topological polar surface area (TPSA) is 90.9 Å². The SMILES string of the molecule is Cc1ccc(N2NC(C(=O)Nc3cccc(C(=O)c4ccccc4)c3)=NCC2=O)cc1. The fourth-order valence-electron chi connectivity index (χ4n) is 3.13. The Morgan fingerprint density at radius 1 is 0.935 bits per heavy atom. The standard InChI is InChI=1S/C24H20N4O3/c1-16-10-12-20(13-11-16)28-21(29)15-25-23(27-28)24(31)26-19-9-5-8-18(14-19)22(30)17-6-3-2-4-7-17/h2-14H,15H2,1H3,(H,25,27)(H,26,31). The third-order valence-electron chi connectivity index (χ3n) is 4.77. The molecule has 2 amide bonds. The molecule has 0 bridgehead atoms. The number of aliphatic imine (C=N–C) groups is 1. The first-order valence-corrected chi connectivity index (χ1v) is 9.73. The molecule has 2 N–H and O–H groups in total. The van der Waals surface area contributed by atoms with Crippen LogP contribution in [-0.4, -0.2) is 30.0 Å². The zero-order chi connectivity index (χ0) is 21.8. The van der Waals surface area contributed by atoms with Crippen LogP contribution in [0.3, 0.4) is 0 Å². The fourth-order valence-corrected chi connectivity index (χ4v) is 3.13. The smallest absolute Gasteiger partial charge is 0.292 e. The van der Waals surface area contributed by atoms with Crippen LogP contribution in [0, 0.1) is 6.92 Å².